The molecule has 3 aromatic carbocycles. The van der Waals surface area contributed by atoms with Gasteiger partial charge in [0.15, 0.2) is 6.10 Å². The number of carbonyl (C=O) groups is 1. The first kappa shape index (κ1) is 18.7. The second-order valence-corrected chi connectivity index (χ2v) is 6.50. The number of hydrogen-bond acceptors (Lipinski definition) is 3. The highest BCUT2D eigenvalue weighted by Gasteiger charge is 2.20. The van der Waals surface area contributed by atoms with Gasteiger partial charge in [0.25, 0.3) is 0 Å². The summed E-state index contributed by atoms with van der Waals surface area (Å²) >= 11 is 0. The van der Waals surface area contributed by atoms with Gasteiger partial charge in [-0.15, -0.1) is 0 Å². The molecule has 0 heterocycles. The van der Waals surface area contributed by atoms with Crippen LogP contribution in [0, 0.1) is 6.92 Å². The fourth-order valence-electron chi connectivity index (χ4n) is 2.76. The first-order chi connectivity index (χ1) is 13.2. The summed E-state index contributed by atoms with van der Waals surface area (Å²) in [6.07, 6.45) is -0.0632. The minimum absolute atomic E-state index is 0.256. The molecule has 3 aromatic rings. The van der Waals surface area contributed by atoms with Gasteiger partial charge < -0.3 is 9.47 Å². The van der Waals surface area contributed by atoms with Crippen molar-refractivity contribution in [2.24, 2.45) is 0 Å². The summed E-state index contributed by atoms with van der Waals surface area (Å²) in [5, 5.41) is 0. The molecule has 0 saturated carbocycles. The van der Waals surface area contributed by atoms with Gasteiger partial charge in [0, 0.05) is 0 Å². The van der Waals surface area contributed by atoms with Crippen LogP contribution in [0.25, 0.3) is 11.1 Å². The highest BCUT2D eigenvalue weighted by atomic mass is 16.6. The normalized spacial score (nSPS) is 11.6. The number of carbonyl (C=O) groups excluding carboxylic acids is 1. The first-order valence-electron chi connectivity index (χ1n) is 9.20. The van der Waals surface area contributed by atoms with Crippen molar-refractivity contribution in [1.29, 1.82) is 0 Å². The molecule has 3 rings (SSSR count). The van der Waals surface area contributed by atoms with Crippen LogP contribution in [0.1, 0.15) is 24.5 Å². The molecule has 0 spiro atoms. The average molecular weight is 360 g/mol. The van der Waals surface area contributed by atoms with Gasteiger partial charge in [0.1, 0.15) is 12.4 Å². The Bertz CT molecular complexity index is 852. The molecule has 0 aromatic heterocycles. The van der Waals surface area contributed by atoms with Crippen molar-refractivity contribution in [2.75, 3.05) is 0 Å². The van der Waals surface area contributed by atoms with E-state index in [0.717, 1.165) is 16.7 Å². The topological polar surface area (TPSA) is 35.5 Å². The molecule has 138 valence electrons. The van der Waals surface area contributed by atoms with Crippen molar-refractivity contribution in [3.05, 3.63) is 90.0 Å². The van der Waals surface area contributed by atoms with Crippen molar-refractivity contribution in [3.8, 4) is 16.9 Å². The molecule has 0 N–H and O–H groups in total. The Morgan fingerprint density at radius 1 is 0.852 bits per heavy atom. The molecule has 3 nitrogen and oxygen atoms in total. The van der Waals surface area contributed by atoms with Crippen molar-refractivity contribution in [1.82, 2.24) is 0 Å². The van der Waals surface area contributed by atoms with Gasteiger partial charge in [0.2, 0.25) is 0 Å². The average Bonchev–Trinajstić information content (AvgIpc) is 2.72. The number of hydrogen-bond donors (Lipinski definition) is 0. The van der Waals surface area contributed by atoms with E-state index in [9.17, 15) is 4.79 Å². The molecule has 0 bridgehead atoms. The van der Waals surface area contributed by atoms with Gasteiger partial charge in [-0.05, 0) is 42.2 Å². The SMILES string of the molecule is CC[C@@H](Oc1ccc(-c2ccc(C)cc2)cc1)C(=O)OCc1ccccc1. The maximum absolute atomic E-state index is 12.3. The third-order valence-corrected chi connectivity index (χ3v) is 4.38. The molecule has 3 heteroatoms. The molecular formula is C24H24O3. The van der Waals surface area contributed by atoms with E-state index in [-0.39, 0.29) is 12.6 Å². The lowest BCUT2D eigenvalue weighted by molar-refractivity contribution is -0.153. The van der Waals surface area contributed by atoms with E-state index in [4.69, 9.17) is 9.47 Å². The van der Waals surface area contributed by atoms with Crippen LogP contribution in [0.15, 0.2) is 78.9 Å². The summed E-state index contributed by atoms with van der Waals surface area (Å²) in [5.74, 6) is 0.318. The summed E-state index contributed by atoms with van der Waals surface area (Å²) < 4.78 is 11.2. The minimum Gasteiger partial charge on any atom is -0.479 e. The van der Waals surface area contributed by atoms with Crippen molar-refractivity contribution < 1.29 is 14.3 Å². The standard InChI is InChI=1S/C24H24O3/c1-3-23(24(25)26-17-19-7-5-4-6-8-19)27-22-15-13-21(14-16-22)20-11-9-18(2)10-12-20/h4-16,23H,3,17H2,1-2H3/t23-/m1/s1. The Balaban J connectivity index is 1.60. The highest BCUT2D eigenvalue weighted by Crippen LogP contribution is 2.24. The van der Waals surface area contributed by atoms with E-state index in [1.807, 2.05) is 61.5 Å². The van der Waals surface area contributed by atoms with Gasteiger partial charge in [-0.3, -0.25) is 0 Å². The molecule has 0 fully saturated rings. The molecular weight excluding hydrogens is 336 g/mol. The van der Waals surface area contributed by atoms with E-state index < -0.39 is 6.10 Å². The maximum atomic E-state index is 12.3. The second-order valence-electron chi connectivity index (χ2n) is 6.50. The lowest BCUT2D eigenvalue weighted by atomic mass is 10.0. The third-order valence-electron chi connectivity index (χ3n) is 4.38. The van der Waals surface area contributed by atoms with E-state index >= 15 is 0 Å². The number of rotatable bonds is 7. The first-order valence-corrected chi connectivity index (χ1v) is 9.20. The van der Waals surface area contributed by atoms with Gasteiger partial charge in [0.05, 0.1) is 0 Å². The van der Waals surface area contributed by atoms with Crippen molar-refractivity contribution >= 4 is 5.97 Å². The Morgan fingerprint density at radius 2 is 1.44 bits per heavy atom. The fraction of sp³-hybridized carbons (Fsp3) is 0.208. The van der Waals surface area contributed by atoms with Crippen LogP contribution in [0.5, 0.6) is 5.75 Å². The largest absolute Gasteiger partial charge is 0.479 e. The van der Waals surface area contributed by atoms with Crippen LogP contribution < -0.4 is 4.74 Å². The monoisotopic (exact) mass is 360 g/mol. The number of aryl methyl sites for hydroxylation is 1. The zero-order valence-electron chi connectivity index (χ0n) is 15.7. The molecule has 0 unspecified atom stereocenters. The van der Waals surface area contributed by atoms with E-state index in [2.05, 4.69) is 31.2 Å². The summed E-state index contributed by atoms with van der Waals surface area (Å²) in [4.78, 5) is 12.3. The number of ether oxygens (including phenoxy) is 2. The van der Waals surface area contributed by atoms with E-state index in [1.54, 1.807) is 0 Å². The smallest absolute Gasteiger partial charge is 0.347 e. The van der Waals surface area contributed by atoms with Crippen LogP contribution in [-0.2, 0) is 16.1 Å². The molecule has 0 aliphatic heterocycles. The Morgan fingerprint density at radius 3 is 2.04 bits per heavy atom. The van der Waals surface area contributed by atoms with Crippen molar-refractivity contribution in [3.63, 3.8) is 0 Å². The third kappa shape index (κ3) is 5.20. The number of benzene rings is 3. The molecule has 0 amide bonds. The zero-order valence-corrected chi connectivity index (χ0v) is 15.7. The summed E-state index contributed by atoms with van der Waals surface area (Å²) in [6, 6.07) is 25.8. The summed E-state index contributed by atoms with van der Waals surface area (Å²) in [5.41, 5.74) is 4.46. The van der Waals surface area contributed by atoms with Crippen LogP contribution in [0.2, 0.25) is 0 Å². The molecule has 0 radical (unpaired) electrons. The lowest BCUT2D eigenvalue weighted by Crippen LogP contribution is -2.28. The quantitative estimate of drug-likeness (QED) is 0.517. The van der Waals surface area contributed by atoms with Crippen LogP contribution in [-0.4, -0.2) is 12.1 Å². The molecule has 27 heavy (non-hydrogen) atoms. The highest BCUT2D eigenvalue weighted by molar-refractivity contribution is 5.75. The fourth-order valence-corrected chi connectivity index (χ4v) is 2.76. The minimum atomic E-state index is -0.612. The van der Waals surface area contributed by atoms with Gasteiger partial charge >= 0.3 is 5.97 Å². The van der Waals surface area contributed by atoms with Crippen LogP contribution >= 0.6 is 0 Å². The summed E-state index contributed by atoms with van der Waals surface area (Å²) in [7, 11) is 0. The molecule has 0 saturated heterocycles. The van der Waals surface area contributed by atoms with Crippen molar-refractivity contribution in [2.45, 2.75) is 33.0 Å². The number of esters is 1. The van der Waals surface area contributed by atoms with Crippen LogP contribution in [0.3, 0.4) is 0 Å². The summed E-state index contributed by atoms with van der Waals surface area (Å²) in [6.45, 7) is 4.24. The van der Waals surface area contributed by atoms with E-state index in [0.29, 0.717) is 12.2 Å². The van der Waals surface area contributed by atoms with Gasteiger partial charge in [-0.2, -0.15) is 0 Å². The van der Waals surface area contributed by atoms with Crippen LogP contribution in [0.4, 0.5) is 0 Å². The predicted octanol–water partition coefficient (Wildman–Crippen LogP) is 5.56. The lowest BCUT2D eigenvalue weighted by Gasteiger charge is -2.17. The van der Waals surface area contributed by atoms with Gasteiger partial charge in [-0.1, -0.05) is 79.2 Å². The zero-order chi connectivity index (χ0) is 19.1. The predicted molar refractivity (Wildman–Crippen MR) is 108 cm³/mol. The Kier molecular flexibility index (Phi) is 6.26. The van der Waals surface area contributed by atoms with Gasteiger partial charge in [-0.25, -0.2) is 4.79 Å². The molecule has 0 aliphatic carbocycles. The molecule has 0 aliphatic rings. The Labute approximate surface area is 160 Å². The second kappa shape index (κ2) is 9.04. The maximum Gasteiger partial charge on any atom is 0.347 e. The Hall–Kier alpha value is -3.07. The molecule has 1 atom stereocenters. The van der Waals surface area contributed by atoms with E-state index in [1.165, 1.54) is 5.56 Å².